The van der Waals surface area contributed by atoms with Gasteiger partial charge in [-0.25, -0.2) is 0 Å². The van der Waals surface area contributed by atoms with Crippen LogP contribution in [0.3, 0.4) is 0 Å². The highest BCUT2D eigenvalue weighted by molar-refractivity contribution is 5.69. The summed E-state index contributed by atoms with van der Waals surface area (Å²) in [4.78, 5) is 2.34. The van der Waals surface area contributed by atoms with Gasteiger partial charge in [-0.1, -0.05) is 37.3 Å². The van der Waals surface area contributed by atoms with Crippen LogP contribution in [-0.4, -0.2) is 11.7 Å². The Bertz CT molecular complexity index is 562. The summed E-state index contributed by atoms with van der Waals surface area (Å²) < 4.78 is 0. The molecule has 0 amide bonds. The maximum Gasteiger partial charge on any atom is 0.0787 e. The van der Waals surface area contributed by atoms with Crippen LogP contribution in [0.2, 0.25) is 0 Å². The first-order valence-electron chi connectivity index (χ1n) is 6.93. The Balaban J connectivity index is 1.88. The molecule has 0 bridgehead atoms. The topological polar surface area (TPSA) is 23.5 Å². The Labute approximate surface area is 114 Å². The van der Waals surface area contributed by atoms with E-state index in [1.807, 2.05) is 19.1 Å². The lowest BCUT2D eigenvalue weighted by Crippen LogP contribution is -2.13. The van der Waals surface area contributed by atoms with Gasteiger partial charge in [-0.05, 0) is 42.2 Å². The zero-order chi connectivity index (χ0) is 13.2. The van der Waals surface area contributed by atoms with E-state index < -0.39 is 0 Å². The van der Waals surface area contributed by atoms with Gasteiger partial charge in [0.2, 0.25) is 0 Å². The van der Waals surface area contributed by atoms with Crippen molar-refractivity contribution in [1.82, 2.24) is 0 Å². The minimum absolute atomic E-state index is 0.347. The van der Waals surface area contributed by atoms with Crippen molar-refractivity contribution in [2.24, 2.45) is 0 Å². The molecule has 0 aromatic heterocycles. The monoisotopic (exact) mass is 253 g/mol. The van der Waals surface area contributed by atoms with E-state index in [2.05, 4.69) is 41.3 Å². The summed E-state index contributed by atoms with van der Waals surface area (Å²) in [5, 5.41) is 9.83. The lowest BCUT2D eigenvalue weighted by atomic mass is 10.1. The fraction of sp³-hybridized carbons (Fsp3) is 0.294. The number of aliphatic hydroxyl groups excluding tert-OH is 1. The van der Waals surface area contributed by atoms with Gasteiger partial charge in [-0.15, -0.1) is 0 Å². The summed E-state index contributed by atoms with van der Waals surface area (Å²) in [6.07, 6.45) is 1.52. The van der Waals surface area contributed by atoms with E-state index in [9.17, 15) is 5.11 Å². The summed E-state index contributed by atoms with van der Waals surface area (Å²) in [5.41, 5.74) is 4.93. The number of nitrogens with zero attached hydrogens (tertiary/aromatic N) is 1. The predicted octanol–water partition coefficient (Wildman–Crippen LogP) is 3.82. The second-order valence-electron chi connectivity index (χ2n) is 5.05. The van der Waals surface area contributed by atoms with Crippen LogP contribution in [0, 0.1) is 0 Å². The summed E-state index contributed by atoms with van der Waals surface area (Å²) >= 11 is 0. The van der Waals surface area contributed by atoms with E-state index >= 15 is 0 Å². The molecule has 0 unspecified atom stereocenters. The van der Waals surface area contributed by atoms with Crippen LogP contribution in [0.1, 0.15) is 30.6 Å². The van der Waals surface area contributed by atoms with Crippen molar-refractivity contribution < 1.29 is 5.11 Å². The van der Waals surface area contributed by atoms with E-state index in [1.165, 1.54) is 16.9 Å². The molecule has 1 N–H and O–H groups in total. The summed E-state index contributed by atoms with van der Waals surface area (Å²) in [7, 11) is 0. The number of anilines is 2. The largest absolute Gasteiger partial charge is 0.388 e. The molecule has 0 spiro atoms. The minimum atomic E-state index is -0.347. The summed E-state index contributed by atoms with van der Waals surface area (Å²) in [5.74, 6) is 0. The average molecular weight is 253 g/mol. The molecule has 0 fully saturated rings. The van der Waals surface area contributed by atoms with E-state index in [4.69, 9.17) is 0 Å². The molecule has 1 atom stereocenters. The lowest BCUT2D eigenvalue weighted by Gasteiger charge is -2.20. The molecule has 0 saturated carbocycles. The maximum absolute atomic E-state index is 9.83. The molecule has 2 aromatic rings. The van der Waals surface area contributed by atoms with Gasteiger partial charge in [0.15, 0.2) is 0 Å². The summed E-state index contributed by atoms with van der Waals surface area (Å²) in [6.45, 7) is 3.03. The fourth-order valence-electron chi connectivity index (χ4n) is 2.72. The van der Waals surface area contributed by atoms with Crippen molar-refractivity contribution >= 4 is 11.4 Å². The third-order valence-electron chi connectivity index (χ3n) is 3.86. The van der Waals surface area contributed by atoms with Crippen LogP contribution < -0.4 is 4.90 Å². The van der Waals surface area contributed by atoms with Gasteiger partial charge < -0.3 is 10.0 Å². The molecule has 0 saturated heterocycles. The third-order valence-corrected chi connectivity index (χ3v) is 3.86. The Hall–Kier alpha value is -1.80. The molecule has 0 aliphatic carbocycles. The van der Waals surface area contributed by atoms with Crippen LogP contribution in [0.4, 0.5) is 11.4 Å². The average Bonchev–Trinajstić information content (AvgIpc) is 2.90. The van der Waals surface area contributed by atoms with Crippen molar-refractivity contribution in [1.29, 1.82) is 0 Å². The first-order chi connectivity index (χ1) is 9.29. The van der Waals surface area contributed by atoms with Crippen molar-refractivity contribution in [3.05, 3.63) is 59.7 Å². The zero-order valence-corrected chi connectivity index (χ0v) is 11.2. The molecular formula is C17H19NO. The standard InChI is InChI=1S/C17H19NO/c1-2-17(19)14-7-9-15(10-8-14)18-12-11-13-5-3-4-6-16(13)18/h3-10,17,19H,2,11-12H2,1H3/t17-/m0/s1. The fourth-order valence-corrected chi connectivity index (χ4v) is 2.72. The Morgan fingerprint density at radius 2 is 1.84 bits per heavy atom. The smallest absolute Gasteiger partial charge is 0.0787 e. The maximum atomic E-state index is 9.83. The van der Waals surface area contributed by atoms with Crippen LogP contribution >= 0.6 is 0 Å². The molecule has 19 heavy (non-hydrogen) atoms. The second kappa shape index (κ2) is 5.06. The van der Waals surface area contributed by atoms with Gasteiger partial charge >= 0.3 is 0 Å². The number of rotatable bonds is 3. The Morgan fingerprint density at radius 1 is 1.11 bits per heavy atom. The highest BCUT2D eigenvalue weighted by atomic mass is 16.3. The SMILES string of the molecule is CC[C@H](O)c1ccc(N2CCc3ccccc32)cc1. The van der Waals surface area contributed by atoms with Gasteiger partial charge in [0, 0.05) is 17.9 Å². The number of hydrogen-bond donors (Lipinski definition) is 1. The van der Waals surface area contributed by atoms with Crippen molar-refractivity contribution in [3.8, 4) is 0 Å². The van der Waals surface area contributed by atoms with Crippen LogP contribution in [0.5, 0.6) is 0 Å². The van der Waals surface area contributed by atoms with Crippen molar-refractivity contribution in [2.75, 3.05) is 11.4 Å². The van der Waals surface area contributed by atoms with E-state index in [0.717, 1.165) is 24.9 Å². The summed E-state index contributed by atoms with van der Waals surface area (Å²) in [6, 6.07) is 16.8. The van der Waals surface area contributed by atoms with Crippen LogP contribution in [0.25, 0.3) is 0 Å². The Morgan fingerprint density at radius 3 is 2.58 bits per heavy atom. The first kappa shape index (κ1) is 12.2. The zero-order valence-electron chi connectivity index (χ0n) is 11.2. The van der Waals surface area contributed by atoms with Gasteiger partial charge in [0.25, 0.3) is 0 Å². The molecule has 1 heterocycles. The molecular weight excluding hydrogens is 234 g/mol. The van der Waals surface area contributed by atoms with Crippen molar-refractivity contribution in [2.45, 2.75) is 25.9 Å². The van der Waals surface area contributed by atoms with Crippen LogP contribution in [0.15, 0.2) is 48.5 Å². The third kappa shape index (κ3) is 2.24. The van der Waals surface area contributed by atoms with Gasteiger partial charge in [-0.2, -0.15) is 0 Å². The molecule has 1 aliphatic heterocycles. The number of aliphatic hydroxyl groups is 1. The highest BCUT2D eigenvalue weighted by Gasteiger charge is 2.19. The van der Waals surface area contributed by atoms with E-state index in [1.54, 1.807) is 0 Å². The number of hydrogen-bond acceptors (Lipinski definition) is 2. The molecule has 2 heteroatoms. The van der Waals surface area contributed by atoms with Gasteiger partial charge in [0.05, 0.1) is 6.10 Å². The molecule has 1 aliphatic rings. The predicted molar refractivity (Wildman–Crippen MR) is 78.8 cm³/mol. The number of fused-ring (bicyclic) bond motifs is 1. The van der Waals surface area contributed by atoms with Crippen LogP contribution in [-0.2, 0) is 6.42 Å². The normalized spacial score (nSPS) is 15.4. The van der Waals surface area contributed by atoms with Crippen molar-refractivity contribution in [3.63, 3.8) is 0 Å². The molecule has 0 radical (unpaired) electrons. The Kier molecular flexibility index (Phi) is 3.26. The van der Waals surface area contributed by atoms with E-state index in [-0.39, 0.29) is 6.10 Å². The minimum Gasteiger partial charge on any atom is -0.388 e. The number of para-hydroxylation sites is 1. The van der Waals surface area contributed by atoms with Gasteiger partial charge in [0.1, 0.15) is 0 Å². The highest BCUT2D eigenvalue weighted by Crippen LogP contribution is 2.34. The molecule has 3 rings (SSSR count). The van der Waals surface area contributed by atoms with E-state index in [0.29, 0.717) is 0 Å². The number of benzene rings is 2. The van der Waals surface area contributed by atoms with Gasteiger partial charge in [-0.3, -0.25) is 0 Å². The molecule has 98 valence electrons. The second-order valence-corrected chi connectivity index (χ2v) is 5.05. The molecule has 2 nitrogen and oxygen atoms in total. The quantitative estimate of drug-likeness (QED) is 0.898. The molecule has 2 aromatic carbocycles. The lowest BCUT2D eigenvalue weighted by molar-refractivity contribution is 0.173. The first-order valence-corrected chi connectivity index (χ1v) is 6.93.